The van der Waals surface area contributed by atoms with Crippen LogP contribution in [0.2, 0.25) is 0 Å². The van der Waals surface area contributed by atoms with Crippen LogP contribution in [-0.2, 0) is 6.18 Å². The number of rotatable bonds is 1. The van der Waals surface area contributed by atoms with Crippen molar-refractivity contribution in [2.24, 2.45) is 0 Å². The van der Waals surface area contributed by atoms with E-state index in [0.717, 1.165) is 16.8 Å². The summed E-state index contributed by atoms with van der Waals surface area (Å²) in [5.74, 6) is 5.67. The second-order valence-corrected chi connectivity index (χ2v) is 4.83. The van der Waals surface area contributed by atoms with Crippen LogP contribution in [-0.4, -0.2) is 4.68 Å². The number of aromatic nitrogens is 1. The fourth-order valence-corrected chi connectivity index (χ4v) is 2.49. The molecule has 0 saturated heterocycles. The second kappa shape index (κ2) is 4.91. The molecule has 3 aromatic rings. The van der Waals surface area contributed by atoms with E-state index in [1.54, 1.807) is 24.3 Å². The largest absolute Gasteiger partial charge is 0.417 e. The number of nitrogens with zero attached hydrogens (tertiary/aromatic N) is 1. The minimum Gasteiger partial charge on any atom is -0.336 e. The fraction of sp³-hybridized carbons (Fsp3) is 0.0625. The van der Waals surface area contributed by atoms with Gasteiger partial charge in [-0.05, 0) is 23.3 Å². The van der Waals surface area contributed by atoms with Gasteiger partial charge in [0.05, 0.1) is 11.1 Å². The summed E-state index contributed by atoms with van der Waals surface area (Å²) < 4.78 is 40.5. The molecule has 0 aliphatic rings. The first kappa shape index (κ1) is 14.2. The summed E-state index contributed by atoms with van der Waals surface area (Å²) in [6, 6.07) is 12.9. The highest BCUT2D eigenvalue weighted by Crippen LogP contribution is 2.38. The number of fused-ring (bicyclic) bond motifs is 1. The molecular formula is C16H11F3N2O. The van der Waals surface area contributed by atoms with Crippen LogP contribution < -0.4 is 11.4 Å². The standard InChI is InChI=1S/C16H11F3N2O/c17-16(18,19)13-7-3-1-5-10(13)12-9-15(22)21(20)14-8-4-2-6-11(12)14/h1-9H,20H2. The molecule has 112 valence electrons. The van der Waals surface area contributed by atoms with Crippen LogP contribution in [0.4, 0.5) is 13.2 Å². The molecule has 0 amide bonds. The lowest BCUT2D eigenvalue weighted by atomic mass is 9.96. The highest BCUT2D eigenvalue weighted by Gasteiger charge is 2.33. The maximum Gasteiger partial charge on any atom is 0.417 e. The van der Waals surface area contributed by atoms with Gasteiger partial charge in [0.1, 0.15) is 0 Å². The van der Waals surface area contributed by atoms with E-state index < -0.39 is 17.3 Å². The molecule has 0 spiro atoms. The van der Waals surface area contributed by atoms with E-state index >= 15 is 0 Å². The number of benzene rings is 2. The first-order chi connectivity index (χ1) is 10.4. The van der Waals surface area contributed by atoms with Gasteiger partial charge in [-0.15, -0.1) is 0 Å². The monoisotopic (exact) mass is 304 g/mol. The maximum absolute atomic E-state index is 13.2. The van der Waals surface area contributed by atoms with Gasteiger partial charge in [0.15, 0.2) is 0 Å². The third kappa shape index (κ3) is 2.22. The smallest absolute Gasteiger partial charge is 0.336 e. The maximum atomic E-state index is 13.2. The Morgan fingerprint density at radius 2 is 1.55 bits per heavy atom. The Balaban J connectivity index is 2.43. The van der Waals surface area contributed by atoms with Crippen molar-refractivity contribution in [2.75, 3.05) is 5.84 Å². The number of nitrogen functional groups attached to an aromatic ring is 1. The van der Waals surface area contributed by atoms with Crippen LogP contribution in [0.5, 0.6) is 0 Å². The molecule has 0 aliphatic carbocycles. The zero-order valence-corrected chi connectivity index (χ0v) is 11.3. The second-order valence-electron chi connectivity index (χ2n) is 4.83. The Kier molecular flexibility index (Phi) is 3.16. The molecule has 0 aliphatic heterocycles. The molecule has 0 atom stereocenters. The van der Waals surface area contributed by atoms with E-state index in [2.05, 4.69) is 0 Å². The average Bonchev–Trinajstić information content (AvgIpc) is 2.50. The summed E-state index contributed by atoms with van der Waals surface area (Å²) in [4.78, 5) is 11.9. The Hall–Kier alpha value is -2.76. The number of hydrogen-bond acceptors (Lipinski definition) is 2. The van der Waals surface area contributed by atoms with Crippen molar-refractivity contribution in [1.29, 1.82) is 0 Å². The van der Waals surface area contributed by atoms with E-state index in [1.165, 1.54) is 18.2 Å². The molecule has 3 nitrogen and oxygen atoms in total. The number of pyridine rings is 1. The van der Waals surface area contributed by atoms with E-state index in [0.29, 0.717) is 10.9 Å². The van der Waals surface area contributed by atoms with Gasteiger partial charge in [-0.2, -0.15) is 13.2 Å². The number of halogens is 3. The first-order valence-electron chi connectivity index (χ1n) is 6.46. The van der Waals surface area contributed by atoms with Crippen molar-refractivity contribution in [3.8, 4) is 11.1 Å². The van der Waals surface area contributed by atoms with Gasteiger partial charge in [-0.1, -0.05) is 36.4 Å². The molecule has 0 bridgehead atoms. The first-order valence-corrected chi connectivity index (χ1v) is 6.46. The molecular weight excluding hydrogens is 293 g/mol. The third-order valence-corrected chi connectivity index (χ3v) is 3.48. The van der Waals surface area contributed by atoms with Crippen molar-refractivity contribution in [2.45, 2.75) is 6.18 Å². The van der Waals surface area contributed by atoms with E-state index in [1.807, 2.05) is 0 Å². The molecule has 2 N–H and O–H groups in total. The molecule has 6 heteroatoms. The van der Waals surface area contributed by atoms with Gasteiger partial charge in [-0.25, -0.2) is 4.68 Å². The highest BCUT2D eigenvalue weighted by molar-refractivity contribution is 5.95. The molecule has 1 heterocycles. The predicted molar refractivity (Wildman–Crippen MR) is 78.8 cm³/mol. The Morgan fingerprint density at radius 3 is 2.27 bits per heavy atom. The van der Waals surface area contributed by atoms with Crippen LogP contribution in [0, 0.1) is 0 Å². The highest BCUT2D eigenvalue weighted by atomic mass is 19.4. The average molecular weight is 304 g/mol. The molecule has 22 heavy (non-hydrogen) atoms. The predicted octanol–water partition coefficient (Wildman–Crippen LogP) is 3.40. The Bertz CT molecular complexity index is 913. The van der Waals surface area contributed by atoms with Crippen LogP contribution in [0.25, 0.3) is 22.0 Å². The van der Waals surface area contributed by atoms with E-state index in [9.17, 15) is 18.0 Å². The van der Waals surface area contributed by atoms with Crippen LogP contribution >= 0.6 is 0 Å². The molecule has 0 fully saturated rings. The molecule has 3 rings (SSSR count). The summed E-state index contributed by atoms with van der Waals surface area (Å²) in [6.45, 7) is 0. The van der Waals surface area contributed by atoms with Gasteiger partial charge >= 0.3 is 6.18 Å². The Morgan fingerprint density at radius 1 is 0.909 bits per heavy atom. The van der Waals surface area contributed by atoms with E-state index in [4.69, 9.17) is 5.84 Å². The summed E-state index contributed by atoms with van der Waals surface area (Å²) in [7, 11) is 0. The summed E-state index contributed by atoms with van der Waals surface area (Å²) >= 11 is 0. The van der Waals surface area contributed by atoms with Gasteiger partial charge in [0.25, 0.3) is 5.56 Å². The van der Waals surface area contributed by atoms with Crippen molar-refractivity contribution in [3.05, 3.63) is 70.5 Å². The van der Waals surface area contributed by atoms with Gasteiger partial charge < -0.3 is 5.84 Å². The summed E-state index contributed by atoms with van der Waals surface area (Å²) in [6.07, 6.45) is -4.50. The number of para-hydroxylation sites is 1. The Labute approximate surface area is 123 Å². The lowest BCUT2D eigenvalue weighted by Crippen LogP contribution is -2.27. The van der Waals surface area contributed by atoms with Crippen molar-refractivity contribution >= 4 is 10.9 Å². The lowest BCUT2D eigenvalue weighted by Gasteiger charge is -2.15. The van der Waals surface area contributed by atoms with Crippen LogP contribution in [0.3, 0.4) is 0 Å². The number of hydrogen-bond donors (Lipinski definition) is 1. The zero-order chi connectivity index (χ0) is 15.9. The minimum atomic E-state index is -4.50. The zero-order valence-electron chi connectivity index (χ0n) is 11.3. The normalized spacial score (nSPS) is 11.8. The lowest BCUT2D eigenvalue weighted by molar-refractivity contribution is -0.137. The van der Waals surface area contributed by atoms with Crippen LogP contribution in [0.15, 0.2) is 59.4 Å². The van der Waals surface area contributed by atoms with Crippen molar-refractivity contribution in [1.82, 2.24) is 4.68 Å². The van der Waals surface area contributed by atoms with Gasteiger partial charge in [0.2, 0.25) is 0 Å². The molecule has 1 aromatic heterocycles. The topological polar surface area (TPSA) is 48.0 Å². The summed E-state index contributed by atoms with van der Waals surface area (Å²) in [5, 5.41) is 0.487. The number of nitrogens with two attached hydrogens (primary N) is 1. The van der Waals surface area contributed by atoms with Gasteiger partial charge in [0, 0.05) is 11.5 Å². The van der Waals surface area contributed by atoms with Gasteiger partial charge in [-0.3, -0.25) is 4.79 Å². The molecule has 0 unspecified atom stereocenters. The quantitative estimate of drug-likeness (QED) is 0.700. The van der Waals surface area contributed by atoms with Crippen LogP contribution in [0.1, 0.15) is 5.56 Å². The number of alkyl halides is 3. The molecule has 0 saturated carbocycles. The summed E-state index contributed by atoms with van der Waals surface area (Å²) in [5.41, 5.74) is -0.791. The van der Waals surface area contributed by atoms with E-state index in [-0.39, 0.29) is 11.1 Å². The fourth-order valence-electron chi connectivity index (χ4n) is 2.49. The van der Waals surface area contributed by atoms with Crippen molar-refractivity contribution < 1.29 is 13.2 Å². The minimum absolute atomic E-state index is 0.0381. The van der Waals surface area contributed by atoms with Crippen molar-refractivity contribution in [3.63, 3.8) is 0 Å². The third-order valence-electron chi connectivity index (χ3n) is 3.48. The molecule has 0 radical (unpaired) electrons. The molecule has 2 aromatic carbocycles. The SMILES string of the molecule is Nn1c(=O)cc(-c2ccccc2C(F)(F)F)c2ccccc21.